The zero-order valence-electron chi connectivity index (χ0n) is 6.76. The fourth-order valence-electron chi connectivity index (χ4n) is 1.17. The van der Waals surface area contributed by atoms with E-state index in [1.165, 1.54) is 7.11 Å². The number of benzene rings is 1. The number of aromatic amines is 1. The predicted octanol–water partition coefficient (Wildman–Crippen LogP) is 1.89. The molecule has 0 fully saturated rings. The van der Waals surface area contributed by atoms with Gasteiger partial charge in [0.2, 0.25) is 0 Å². The summed E-state index contributed by atoms with van der Waals surface area (Å²) in [5, 5.41) is 0. The van der Waals surface area contributed by atoms with Crippen molar-refractivity contribution in [1.82, 2.24) is 4.98 Å². The number of rotatable bonds is 1. The van der Waals surface area contributed by atoms with Crippen molar-refractivity contribution in [1.29, 1.82) is 0 Å². The number of H-pyrrole nitrogens is 1. The molecule has 1 aromatic carbocycles. The Labute approximate surface area is 81.6 Å². The van der Waals surface area contributed by atoms with Gasteiger partial charge in [-0.3, -0.25) is 4.98 Å². The highest BCUT2D eigenvalue weighted by Crippen LogP contribution is 2.31. The zero-order valence-corrected chi connectivity index (χ0v) is 8.34. The lowest BCUT2D eigenvalue weighted by Crippen LogP contribution is -1.94. The number of ether oxygens (including phenoxy) is 1. The standard InChI is InChI=1S/C8H6BrNO3/c1-12-7-4(9)2-3-5-6(7)10-8(11)13-5/h2-3H,1H3,(H,10,11). The van der Waals surface area contributed by atoms with Crippen LogP contribution in [0.3, 0.4) is 0 Å². The molecule has 0 saturated carbocycles. The lowest BCUT2D eigenvalue weighted by Gasteiger charge is -2.01. The van der Waals surface area contributed by atoms with Crippen LogP contribution in [-0.2, 0) is 0 Å². The highest BCUT2D eigenvalue weighted by molar-refractivity contribution is 9.10. The second-order valence-electron chi connectivity index (χ2n) is 2.47. The second-order valence-corrected chi connectivity index (χ2v) is 3.32. The first kappa shape index (κ1) is 8.37. The molecular formula is C8H6BrNO3. The lowest BCUT2D eigenvalue weighted by molar-refractivity contribution is 0.416. The third-order valence-corrected chi connectivity index (χ3v) is 2.33. The van der Waals surface area contributed by atoms with Gasteiger partial charge < -0.3 is 9.15 Å². The number of hydrogen-bond donors (Lipinski definition) is 1. The van der Waals surface area contributed by atoms with Gasteiger partial charge in [0.25, 0.3) is 0 Å². The molecule has 0 aliphatic rings. The maximum Gasteiger partial charge on any atom is 0.417 e. The van der Waals surface area contributed by atoms with Crippen molar-refractivity contribution in [2.24, 2.45) is 0 Å². The first-order valence-electron chi connectivity index (χ1n) is 3.57. The molecule has 0 bridgehead atoms. The van der Waals surface area contributed by atoms with Crippen molar-refractivity contribution < 1.29 is 9.15 Å². The van der Waals surface area contributed by atoms with Crippen molar-refractivity contribution in [2.75, 3.05) is 7.11 Å². The average Bonchev–Trinajstić information content (AvgIpc) is 2.45. The third kappa shape index (κ3) is 1.25. The molecule has 0 radical (unpaired) electrons. The van der Waals surface area contributed by atoms with E-state index in [0.717, 1.165) is 4.47 Å². The van der Waals surface area contributed by atoms with E-state index in [0.29, 0.717) is 16.8 Å². The first-order chi connectivity index (χ1) is 6.22. The summed E-state index contributed by atoms with van der Waals surface area (Å²) < 4.78 is 10.7. The number of aromatic nitrogens is 1. The summed E-state index contributed by atoms with van der Waals surface area (Å²) in [6.45, 7) is 0. The van der Waals surface area contributed by atoms with E-state index < -0.39 is 5.76 Å². The van der Waals surface area contributed by atoms with E-state index in [1.54, 1.807) is 12.1 Å². The molecule has 4 nitrogen and oxygen atoms in total. The topological polar surface area (TPSA) is 55.2 Å². The number of halogens is 1. The van der Waals surface area contributed by atoms with Gasteiger partial charge in [-0.25, -0.2) is 4.79 Å². The Hall–Kier alpha value is -1.23. The molecule has 0 atom stereocenters. The van der Waals surface area contributed by atoms with E-state index in [1.807, 2.05) is 0 Å². The summed E-state index contributed by atoms with van der Waals surface area (Å²) in [5.74, 6) is 0.0924. The quantitative estimate of drug-likeness (QED) is 0.833. The Morgan fingerprint density at radius 3 is 3.00 bits per heavy atom. The van der Waals surface area contributed by atoms with Crippen LogP contribution in [-0.4, -0.2) is 12.1 Å². The molecule has 68 valence electrons. The van der Waals surface area contributed by atoms with Gasteiger partial charge >= 0.3 is 5.76 Å². The predicted molar refractivity (Wildman–Crippen MR) is 51.1 cm³/mol. The van der Waals surface area contributed by atoms with E-state index >= 15 is 0 Å². The van der Waals surface area contributed by atoms with Crippen molar-refractivity contribution in [2.45, 2.75) is 0 Å². The Balaban J connectivity index is 2.90. The van der Waals surface area contributed by atoms with E-state index in [2.05, 4.69) is 20.9 Å². The normalized spacial score (nSPS) is 10.6. The molecule has 0 amide bonds. The van der Waals surface area contributed by atoms with Crippen LogP contribution in [0.25, 0.3) is 11.1 Å². The van der Waals surface area contributed by atoms with Crippen LogP contribution in [0.4, 0.5) is 0 Å². The number of nitrogens with one attached hydrogen (secondary N) is 1. The van der Waals surface area contributed by atoms with Crippen LogP contribution < -0.4 is 10.5 Å². The van der Waals surface area contributed by atoms with Gasteiger partial charge in [-0.2, -0.15) is 0 Å². The van der Waals surface area contributed by atoms with Crippen molar-refractivity contribution in [3.63, 3.8) is 0 Å². The summed E-state index contributed by atoms with van der Waals surface area (Å²) in [7, 11) is 1.53. The molecule has 1 aromatic heterocycles. The molecule has 0 aliphatic carbocycles. The molecule has 13 heavy (non-hydrogen) atoms. The van der Waals surface area contributed by atoms with Crippen LogP contribution in [0.2, 0.25) is 0 Å². The molecule has 1 N–H and O–H groups in total. The van der Waals surface area contributed by atoms with Crippen LogP contribution in [0.1, 0.15) is 0 Å². The number of methoxy groups -OCH3 is 1. The molecule has 5 heteroatoms. The van der Waals surface area contributed by atoms with Crippen LogP contribution in [0, 0.1) is 0 Å². The Morgan fingerprint density at radius 1 is 1.54 bits per heavy atom. The largest absolute Gasteiger partial charge is 0.493 e. The molecule has 0 saturated heterocycles. The molecule has 0 unspecified atom stereocenters. The van der Waals surface area contributed by atoms with Gasteiger partial charge in [0.05, 0.1) is 11.6 Å². The molecule has 0 spiro atoms. The van der Waals surface area contributed by atoms with Gasteiger partial charge in [0, 0.05) is 0 Å². The van der Waals surface area contributed by atoms with Gasteiger partial charge in [-0.15, -0.1) is 0 Å². The smallest absolute Gasteiger partial charge is 0.417 e. The summed E-state index contributed by atoms with van der Waals surface area (Å²) in [6, 6.07) is 3.46. The molecular weight excluding hydrogens is 238 g/mol. The Bertz CT molecular complexity index is 500. The average molecular weight is 244 g/mol. The molecule has 0 aliphatic heterocycles. The summed E-state index contributed by atoms with van der Waals surface area (Å²) >= 11 is 3.30. The van der Waals surface area contributed by atoms with Crippen LogP contribution in [0.5, 0.6) is 5.75 Å². The minimum Gasteiger partial charge on any atom is -0.493 e. The van der Waals surface area contributed by atoms with E-state index in [-0.39, 0.29) is 0 Å². The fraction of sp³-hybridized carbons (Fsp3) is 0.125. The van der Waals surface area contributed by atoms with Gasteiger partial charge in [-0.1, -0.05) is 0 Å². The van der Waals surface area contributed by atoms with Crippen LogP contribution >= 0.6 is 15.9 Å². The van der Waals surface area contributed by atoms with Crippen molar-refractivity contribution in [3.8, 4) is 5.75 Å². The molecule has 1 heterocycles. The van der Waals surface area contributed by atoms with Gasteiger partial charge in [0.15, 0.2) is 11.3 Å². The molecule has 2 rings (SSSR count). The maximum atomic E-state index is 10.9. The zero-order chi connectivity index (χ0) is 9.42. The fourth-order valence-corrected chi connectivity index (χ4v) is 1.66. The minimum atomic E-state index is -0.480. The number of hydrogen-bond acceptors (Lipinski definition) is 3. The summed E-state index contributed by atoms with van der Waals surface area (Å²) in [5.41, 5.74) is 1.06. The monoisotopic (exact) mass is 243 g/mol. The van der Waals surface area contributed by atoms with Crippen molar-refractivity contribution >= 4 is 27.0 Å². The second kappa shape index (κ2) is 2.92. The third-order valence-electron chi connectivity index (χ3n) is 1.71. The Morgan fingerprint density at radius 2 is 2.31 bits per heavy atom. The highest BCUT2D eigenvalue weighted by Gasteiger charge is 2.09. The van der Waals surface area contributed by atoms with E-state index in [9.17, 15) is 4.79 Å². The molecule has 2 aromatic rings. The maximum absolute atomic E-state index is 10.9. The Kier molecular flexibility index (Phi) is 1.88. The summed E-state index contributed by atoms with van der Waals surface area (Å²) in [6.07, 6.45) is 0. The first-order valence-corrected chi connectivity index (χ1v) is 4.37. The number of fused-ring (bicyclic) bond motifs is 1. The van der Waals surface area contributed by atoms with E-state index in [4.69, 9.17) is 9.15 Å². The lowest BCUT2D eigenvalue weighted by atomic mass is 10.3. The highest BCUT2D eigenvalue weighted by atomic mass is 79.9. The van der Waals surface area contributed by atoms with Gasteiger partial charge in [-0.05, 0) is 28.1 Å². The van der Waals surface area contributed by atoms with Gasteiger partial charge in [0.1, 0.15) is 5.52 Å². The summed E-state index contributed by atoms with van der Waals surface area (Å²) in [4.78, 5) is 13.4. The minimum absolute atomic E-state index is 0.480. The SMILES string of the molecule is COc1c(Br)ccc2oc(=O)[nH]c12. The van der Waals surface area contributed by atoms with Crippen molar-refractivity contribution in [3.05, 3.63) is 27.2 Å². The number of oxazole rings is 1. The van der Waals surface area contributed by atoms with Crippen LogP contribution in [0.15, 0.2) is 25.8 Å².